The van der Waals surface area contributed by atoms with Gasteiger partial charge in [0.1, 0.15) is 5.69 Å². The summed E-state index contributed by atoms with van der Waals surface area (Å²) in [5.74, 6) is -0.879. The topological polar surface area (TPSA) is 88.6 Å². The molecule has 7 nitrogen and oxygen atoms in total. The van der Waals surface area contributed by atoms with Crippen LogP contribution in [0.3, 0.4) is 0 Å². The summed E-state index contributed by atoms with van der Waals surface area (Å²) in [4.78, 5) is 39.7. The van der Waals surface area contributed by atoms with Crippen molar-refractivity contribution in [1.29, 1.82) is 0 Å². The van der Waals surface area contributed by atoms with Gasteiger partial charge in [0, 0.05) is 19.2 Å². The van der Waals surface area contributed by atoms with E-state index in [1.807, 2.05) is 0 Å². The molecule has 0 aliphatic carbocycles. The number of urea groups is 1. The molecule has 1 saturated heterocycles. The Bertz CT molecular complexity index is 556. The van der Waals surface area contributed by atoms with Crippen LogP contribution < -0.4 is 10.2 Å². The average Bonchev–Trinajstić information content (AvgIpc) is 2.39. The van der Waals surface area contributed by atoms with Crippen LogP contribution in [0.1, 0.15) is 22.5 Å². The Morgan fingerprint density at radius 2 is 2.21 bits per heavy atom. The molecule has 0 atom stereocenters. The van der Waals surface area contributed by atoms with Gasteiger partial charge in [0.05, 0.1) is 12.8 Å². The van der Waals surface area contributed by atoms with Crippen molar-refractivity contribution in [2.24, 2.45) is 0 Å². The molecule has 7 heteroatoms. The SMILES string of the molecule is COC(=O)c1cc(N2CCC(=O)NC2=O)c(C)cn1. The molecule has 1 N–H and O–H groups in total. The highest BCUT2D eigenvalue weighted by atomic mass is 16.5. The molecule has 3 amide bonds. The normalized spacial score (nSPS) is 15.2. The maximum atomic E-state index is 11.8. The zero-order valence-corrected chi connectivity index (χ0v) is 10.6. The first-order valence-electron chi connectivity index (χ1n) is 5.69. The first-order chi connectivity index (χ1) is 9.02. The van der Waals surface area contributed by atoms with Gasteiger partial charge in [0.2, 0.25) is 5.91 Å². The first-order valence-corrected chi connectivity index (χ1v) is 5.69. The van der Waals surface area contributed by atoms with Gasteiger partial charge >= 0.3 is 12.0 Å². The lowest BCUT2D eigenvalue weighted by molar-refractivity contribution is -0.120. The number of carbonyl (C=O) groups excluding carboxylic acids is 3. The molecule has 1 aliphatic heterocycles. The number of methoxy groups -OCH3 is 1. The minimum absolute atomic E-state index is 0.118. The average molecular weight is 263 g/mol. The Morgan fingerprint density at radius 1 is 1.47 bits per heavy atom. The molecule has 2 heterocycles. The molecule has 1 aliphatic rings. The zero-order chi connectivity index (χ0) is 14.0. The lowest BCUT2D eigenvalue weighted by Crippen LogP contribution is -2.49. The van der Waals surface area contributed by atoms with Crippen molar-refractivity contribution < 1.29 is 19.1 Å². The van der Waals surface area contributed by atoms with Crippen LogP contribution in [0.15, 0.2) is 12.3 Å². The Morgan fingerprint density at radius 3 is 2.84 bits per heavy atom. The van der Waals surface area contributed by atoms with Gasteiger partial charge in [-0.1, -0.05) is 0 Å². The molecule has 1 fully saturated rings. The fourth-order valence-electron chi connectivity index (χ4n) is 1.81. The Balaban J connectivity index is 2.35. The molecule has 0 radical (unpaired) electrons. The third kappa shape index (κ3) is 2.54. The standard InChI is InChI=1S/C12H13N3O4/c1-7-6-13-8(11(17)19-2)5-9(7)15-4-3-10(16)14-12(15)18/h5-6H,3-4H2,1-2H3,(H,14,16,18). The highest BCUT2D eigenvalue weighted by Gasteiger charge is 2.26. The lowest BCUT2D eigenvalue weighted by Gasteiger charge is -2.27. The van der Waals surface area contributed by atoms with Gasteiger partial charge in [-0.3, -0.25) is 15.0 Å². The summed E-state index contributed by atoms with van der Waals surface area (Å²) in [5.41, 5.74) is 1.39. The van der Waals surface area contributed by atoms with Crippen molar-refractivity contribution in [3.63, 3.8) is 0 Å². The molecule has 100 valence electrons. The number of ether oxygens (including phenoxy) is 1. The number of pyridine rings is 1. The van der Waals surface area contributed by atoms with Crippen LogP contribution in [0.25, 0.3) is 0 Å². The smallest absolute Gasteiger partial charge is 0.356 e. The third-order valence-corrected chi connectivity index (χ3v) is 2.81. The van der Waals surface area contributed by atoms with E-state index in [1.165, 1.54) is 24.3 Å². The number of aryl methyl sites for hydroxylation is 1. The molecule has 2 rings (SSSR count). The van der Waals surface area contributed by atoms with E-state index >= 15 is 0 Å². The number of imide groups is 1. The summed E-state index contributed by atoms with van der Waals surface area (Å²) in [6.07, 6.45) is 1.71. The minimum Gasteiger partial charge on any atom is -0.464 e. The second-order valence-electron chi connectivity index (χ2n) is 4.10. The van der Waals surface area contributed by atoms with Gasteiger partial charge in [0.15, 0.2) is 0 Å². The highest BCUT2D eigenvalue weighted by Crippen LogP contribution is 2.22. The summed E-state index contributed by atoms with van der Waals surface area (Å²) in [6.45, 7) is 2.04. The molecule has 1 aromatic heterocycles. The van der Waals surface area contributed by atoms with Crippen LogP contribution >= 0.6 is 0 Å². The third-order valence-electron chi connectivity index (χ3n) is 2.81. The molecule has 0 bridgehead atoms. The van der Waals surface area contributed by atoms with Crippen molar-refractivity contribution in [3.8, 4) is 0 Å². The Kier molecular flexibility index (Phi) is 3.46. The van der Waals surface area contributed by atoms with E-state index in [0.717, 1.165) is 5.56 Å². The van der Waals surface area contributed by atoms with Crippen molar-refractivity contribution in [2.45, 2.75) is 13.3 Å². The van der Waals surface area contributed by atoms with Gasteiger partial charge in [0.25, 0.3) is 0 Å². The van der Waals surface area contributed by atoms with E-state index in [-0.39, 0.29) is 24.6 Å². The number of aromatic nitrogens is 1. The number of hydrogen-bond acceptors (Lipinski definition) is 5. The lowest BCUT2D eigenvalue weighted by atomic mass is 10.2. The first kappa shape index (κ1) is 13.0. The van der Waals surface area contributed by atoms with Crippen LogP contribution in [0.2, 0.25) is 0 Å². The number of amides is 3. The molecule has 0 aromatic carbocycles. The Hall–Kier alpha value is -2.44. The van der Waals surface area contributed by atoms with Crippen molar-refractivity contribution in [3.05, 3.63) is 23.5 Å². The number of rotatable bonds is 2. The number of anilines is 1. The largest absolute Gasteiger partial charge is 0.464 e. The molecule has 1 aromatic rings. The number of esters is 1. The highest BCUT2D eigenvalue weighted by molar-refractivity contribution is 6.06. The van der Waals surface area contributed by atoms with E-state index < -0.39 is 12.0 Å². The summed E-state index contributed by atoms with van der Waals surface area (Å²) in [5, 5.41) is 2.23. The summed E-state index contributed by atoms with van der Waals surface area (Å²) in [6, 6.07) is 0.984. The number of nitrogens with zero attached hydrogens (tertiary/aromatic N) is 2. The molecular weight excluding hydrogens is 250 g/mol. The molecule has 0 spiro atoms. The Labute approximate surface area is 109 Å². The maximum Gasteiger partial charge on any atom is 0.356 e. The van der Waals surface area contributed by atoms with Gasteiger partial charge in [-0.15, -0.1) is 0 Å². The zero-order valence-electron chi connectivity index (χ0n) is 10.6. The molecule has 0 unspecified atom stereocenters. The number of nitrogens with one attached hydrogen (secondary N) is 1. The summed E-state index contributed by atoms with van der Waals surface area (Å²) < 4.78 is 4.59. The second kappa shape index (κ2) is 5.05. The second-order valence-corrected chi connectivity index (χ2v) is 4.10. The molecule has 0 saturated carbocycles. The quantitative estimate of drug-likeness (QED) is 0.790. The summed E-state index contributed by atoms with van der Waals surface area (Å²) in [7, 11) is 1.26. The van der Waals surface area contributed by atoms with Gasteiger partial charge < -0.3 is 4.74 Å². The minimum atomic E-state index is -0.574. The van der Waals surface area contributed by atoms with Crippen LogP contribution in [-0.2, 0) is 9.53 Å². The van der Waals surface area contributed by atoms with Crippen LogP contribution in [0.5, 0.6) is 0 Å². The van der Waals surface area contributed by atoms with E-state index in [9.17, 15) is 14.4 Å². The van der Waals surface area contributed by atoms with E-state index in [4.69, 9.17) is 0 Å². The number of carbonyl (C=O) groups is 3. The molecular formula is C12H13N3O4. The fourth-order valence-corrected chi connectivity index (χ4v) is 1.81. The van der Waals surface area contributed by atoms with Crippen molar-refractivity contribution in [2.75, 3.05) is 18.6 Å². The van der Waals surface area contributed by atoms with Gasteiger partial charge in [-0.25, -0.2) is 14.6 Å². The van der Waals surface area contributed by atoms with Gasteiger partial charge in [-0.2, -0.15) is 0 Å². The van der Waals surface area contributed by atoms with Gasteiger partial charge in [-0.05, 0) is 18.6 Å². The van der Waals surface area contributed by atoms with E-state index in [2.05, 4.69) is 15.0 Å². The summed E-state index contributed by atoms with van der Waals surface area (Å²) >= 11 is 0. The van der Waals surface area contributed by atoms with E-state index in [0.29, 0.717) is 5.69 Å². The fraction of sp³-hybridized carbons (Fsp3) is 0.333. The van der Waals surface area contributed by atoms with Crippen LogP contribution in [-0.4, -0.2) is 36.5 Å². The molecule has 19 heavy (non-hydrogen) atoms. The predicted octanol–water partition coefficient (Wildman–Crippen LogP) is 0.623. The van der Waals surface area contributed by atoms with Crippen molar-refractivity contribution >= 4 is 23.6 Å². The maximum absolute atomic E-state index is 11.8. The van der Waals surface area contributed by atoms with Crippen LogP contribution in [0.4, 0.5) is 10.5 Å². The predicted molar refractivity (Wildman–Crippen MR) is 65.8 cm³/mol. The van der Waals surface area contributed by atoms with Crippen LogP contribution in [0, 0.1) is 6.92 Å². The number of hydrogen-bond donors (Lipinski definition) is 1. The van der Waals surface area contributed by atoms with E-state index in [1.54, 1.807) is 6.92 Å². The monoisotopic (exact) mass is 263 g/mol. The van der Waals surface area contributed by atoms with Crippen molar-refractivity contribution in [1.82, 2.24) is 10.3 Å².